The number of aromatic nitrogens is 2. The second-order valence-corrected chi connectivity index (χ2v) is 5.11. The third kappa shape index (κ3) is 2.18. The molecule has 1 aromatic carbocycles. The highest BCUT2D eigenvalue weighted by Gasteiger charge is 2.33. The van der Waals surface area contributed by atoms with E-state index in [-0.39, 0.29) is 35.4 Å². The number of phenolic OH excluding ortho intramolecular Hbond substituents is 1. The van der Waals surface area contributed by atoms with E-state index in [9.17, 15) is 14.7 Å². The van der Waals surface area contributed by atoms with Gasteiger partial charge in [0.25, 0.3) is 0 Å². The lowest BCUT2D eigenvalue weighted by atomic mass is 9.86. The normalized spacial score (nSPS) is 17.2. The van der Waals surface area contributed by atoms with E-state index in [0.717, 1.165) is 5.56 Å². The lowest BCUT2D eigenvalue weighted by molar-refractivity contribution is -0.135. The maximum absolute atomic E-state index is 11.7. The fraction of sp³-hybridized carbons (Fsp3) is 0.267. The van der Waals surface area contributed by atoms with E-state index < -0.39 is 0 Å². The number of ketones is 1. The Balaban J connectivity index is 2.20. The minimum absolute atomic E-state index is 0.105. The molecule has 1 atom stereocenters. The van der Waals surface area contributed by atoms with Gasteiger partial charge in [0.05, 0.1) is 18.2 Å². The number of carbonyl (C=O) groups excluding carboxylic acids is 2. The zero-order chi connectivity index (χ0) is 15.1. The predicted molar refractivity (Wildman–Crippen MR) is 73.4 cm³/mol. The van der Waals surface area contributed by atoms with Crippen molar-refractivity contribution < 1.29 is 19.4 Å². The van der Waals surface area contributed by atoms with Gasteiger partial charge in [-0.3, -0.25) is 14.3 Å². The van der Waals surface area contributed by atoms with Crippen LogP contribution in [0.2, 0.25) is 0 Å². The molecular formula is C15H14N2O4. The molecule has 1 aromatic heterocycles. The number of esters is 1. The minimum Gasteiger partial charge on any atom is -0.507 e. The molecule has 2 aromatic rings. The predicted octanol–water partition coefficient (Wildman–Crippen LogP) is 1.77. The fourth-order valence-corrected chi connectivity index (χ4v) is 2.64. The first-order valence-corrected chi connectivity index (χ1v) is 6.53. The first-order chi connectivity index (χ1) is 9.97. The van der Waals surface area contributed by atoms with E-state index in [1.54, 1.807) is 30.2 Å². The maximum atomic E-state index is 11.7. The van der Waals surface area contributed by atoms with Gasteiger partial charge >= 0.3 is 5.97 Å². The van der Waals surface area contributed by atoms with Crippen LogP contribution in [0.25, 0.3) is 0 Å². The molecule has 0 aliphatic carbocycles. The molecule has 0 fully saturated rings. The summed E-state index contributed by atoms with van der Waals surface area (Å²) in [5.74, 6) is -0.804. The number of aryl methyl sites for hydroxylation is 1. The van der Waals surface area contributed by atoms with Crippen molar-refractivity contribution in [3.8, 4) is 11.5 Å². The molecule has 1 unspecified atom stereocenters. The first-order valence-electron chi connectivity index (χ1n) is 6.53. The SMILES string of the molecule is CC(=O)c1ccc2c(c1O)C(c1cnn(C)c1)CC(=O)O2. The molecule has 6 nitrogen and oxygen atoms in total. The Hall–Kier alpha value is -2.63. The van der Waals surface area contributed by atoms with Gasteiger partial charge in [0.1, 0.15) is 11.5 Å². The zero-order valence-corrected chi connectivity index (χ0v) is 11.7. The number of rotatable bonds is 2. The Morgan fingerprint density at radius 2 is 2.24 bits per heavy atom. The van der Waals surface area contributed by atoms with Gasteiger partial charge in [-0.25, -0.2) is 0 Å². The fourth-order valence-electron chi connectivity index (χ4n) is 2.64. The van der Waals surface area contributed by atoms with Crippen molar-refractivity contribution in [3.05, 3.63) is 41.2 Å². The summed E-state index contributed by atoms with van der Waals surface area (Å²) in [4.78, 5) is 23.3. The summed E-state index contributed by atoms with van der Waals surface area (Å²) >= 11 is 0. The highest BCUT2D eigenvalue weighted by Crippen LogP contribution is 2.45. The quantitative estimate of drug-likeness (QED) is 0.517. The molecular weight excluding hydrogens is 272 g/mol. The highest BCUT2D eigenvalue weighted by atomic mass is 16.5. The standard InChI is InChI=1S/C15H14N2O4/c1-8(18)10-3-4-12-14(15(10)20)11(5-13(19)21-12)9-6-16-17(2)7-9/h3-4,6-7,11,20H,5H2,1-2H3. The van der Waals surface area contributed by atoms with Crippen LogP contribution in [0.4, 0.5) is 0 Å². The van der Waals surface area contributed by atoms with E-state index in [1.807, 2.05) is 0 Å². The number of hydrogen-bond acceptors (Lipinski definition) is 5. The summed E-state index contributed by atoms with van der Waals surface area (Å²) in [6.07, 6.45) is 3.54. The summed E-state index contributed by atoms with van der Waals surface area (Å²) in [5.41, 5.74) is 1.49. The summed E-state index contributed by atoms with van der Waals surface area (Å²) in [6, 6.07) is 3.02. The van der Waals surface area contributed by atoms with Crippen molar-refractivity contribution in [2.75, 3.05) is 0 Å². The van der Waals surface area contributed by atoms with Crippen molar-refractivity contribution >= 4 is 11.8 Å². The number of fused-ring (bicyclic) bond motifs is 1. The molecule has 0 saturated carbocycles. The molecule has 2 heterocycles. The molecule has 1 N–H and O–H groups in total. The van der Waals surface area contributed by atoms with Crippen molar-refractivity contribution in [2.45, 2.75) is 19.3 Å². The number of benzene rings is 1. The largest absolute Gasteiger partial charge is 0.507 e. The average Bonchev–Trinajstić information content (AvgIpc) is 2.84. The van der Waals surface area contributed by atoms with Gasteiger partial charge in [-0.1, -0.05) is 0 Å². The molecule has 0 amide bonds. The second-order valence-electron chi connectivity index (χ2n) is 5.11. The maximum Gasteiger partial charge on any atom is 0.312 e. The van der Waals surface area contributed by atoms with Gasteiger partial charge < -0.3 is 9.84 Å². The van der Waals surface area contributed by atoms with Crippen LogP contribution in [0.5, 0.6) is 11.5 Å². The molecule has 1 aliphatic heterocycles. The number of aromatic hydroxyl groups is 1. The summed E-state index contributed by atoms with van der Waals surface area (Å²) in [5, 5.41) is 14.5. The van der Waals surface area contributed by atoms with Crippen molar-refractivity contribution in [3.63, 3.8) is 0 Å². The Morgan fingerprint density at radius 1 is 1.48 bits per heavy atom. The number of Topliss-reactive ketones (excluding diaryl/α,β-unsaturated/α-hetero) is 1. The van der Waals surface area contributed by atoms with Crippen LogP contribution in [0.1, 0.15) is 40.7 Å². The molecule has 0 spiro atoms. The van der Waals surface area contributed by atoms with Crippen LogP contribution in [0.3, 0.4) is 0 Å². The topological polar surface area (TPSA) is 81.4 Å². The van der Waals surface area contributed by atoms with E-state index in [2.05, 4.69) is 5.10 Å². The van der Waals surface area contributed by atoms with Crippen LogP contribution >= 0.6 is 0 Å². The third-order valence-electron chi connectivity index (χ3n) is 3.63. The van der Waals surface area contributed by atoms with Gasteiger partial charge in [-0.2, -0.15) is 5.10 Å². The molecule has 108 valence electrons. The third-order valence-corrected chi connectivity index (χ3v) is 3.63. The number of carbonyl (C=O) groups is 2. The Morgan fingerprint density at radius 3 is 2.86 bits per heavy atom. The summed E-state index contributed by atoms with van der Waals surface area (Å²) in [7, 11) is 1.78. The minimum atomic E-state index is -0.369. The molecule has 6 heteroatoms. The number of ether oxygens (including phenoxy) is 1. The van der Waals surface area contributed by atoms with Crippen LogP contribution in [0.15, 0.2) is 24.5 Å². The van der Waals surface area contributed by atoms with E-state index in [4.69, 9.17) is 4.74 Å². The van der Waals surface area contributed by atoms with Crippen LogP contribution < -0.4 is 4.74 Å². The van der Waals surface area contributed by atoms with E-state index in [1.165, 1.54) is 13.0 Å². The van der Waals surface area contributed by atoms with Crippen LogP contribution in [-0.2, 0) is 11.8 Å². The molecule has 21 heavy (non-hydrogen) atoms. The molecule has 1 aliphatic rings. The molecule has 0 radical (unpaired) electrons. The van der Waals surface area contributed by atoms with Crippen LogP contribution in [-0.4, -0.2) is 26.6 Å². The first kappa shape index (κ1) is 13.4. The van der Waals surface area contributed by atoms with Crippen LogP contribution in [0, 0.1) is 0 Å². The molecule has 3 rings (SSSR count). The zero-order valence-electron chi connectivity index (χ0n) is 11.7. The van der Waals surface area contributed by atoms with Gasteiger partial charge in [-0.15, -0.1) is 0 Å². The smallest absolute Gasteiger partial charge is 0.312 e. The van der Waals surface area contributed by atoms with E-state index >= 15 is 0 Å². The molecule has 0 saturated heterocycles. The van der Waals surface area contributed by atoms with Gasteiger partial charge in [0.15, 0.2) is 5.78 Å². The Kier molecular flexibility index (Phi) is 3.01. The Bertz CT molecular complexity index is 748. The monoisotopic (exact) mass is 286 g/mol. The highest BCUT2D eigenvalue weighted by molar-refractivity contribution is 5.98. The second kappa shape index (κ2) is 4.73. The van der Waals surface area contributed by atoms with Gasteiger partial charge in [0, 0.05) is 24.7 Å². The van der Waals surface area contributed by atoms with Gasteiger partial charge in [0.2, 0.25) is 0 Å². The summed E-state index contributed by atoms with van der Waals surface area (Å²) < 4.78 is 6.79. The number of phenols is 1. The van der Waals surface area contributed by atoms with Crippen molar-refractivity contribution in [1.29, 1.82) is 0 Å². The van der Waals surface area contributed by atoms with Crippen molar-refractivity contribution in [2.24, 2.45) is 7.05 Å². The number of hydrogen-bond donors (Lipinski definition) is 1. The summed E-state index contributed by atoms with van der Waals surface area (Å²) in [6.45, 7) is 1.38. The van der Waals surface area contributed by atoms with Crippen molar-refractivity contribution in [1.82, 2.24) is 9.78 Å². The van der Waals surface area contributed by atoms with E-state index in [0.29, 0.717) is 11.3 Å². The van der Waals surface area contributed by atoms with Gasteiger partial charge in [-0.05, 0) is 24.6 Å². The number of nitrogens with zero attached hydrogens (tertiary/aromatic N) is 2. The average molecular weight is 286 g/mol. The molecule has 0 bridgehead atoms. The Labute approximate surface area is 121 Å². The lowest BCUT2D eigenvalue weighted by Gasteiger charge is -2.25. The lowest BCUT2D eigenvalue weighted by Crippen LogP contribution is -2.21.